The molecule has 27 heavy (non-hydrogen) atoms. The highest BCUT2D eigenvalue weighted by atomic mass is 32.1. The highest BCUT2D eigenvalue weighted by Crippen LogP contribution is 2.32. The van der Waals surface area contributed by atoms with E-state index in [9.17, 15) is 14.7 Å². The number of nitrogens with one attached hydrogen (secondary N) is 1. The summed E-state index contributed by atoms with van der Waals surface area (Å²) in [6.07, 6.45) is 0.720. The minimum absolute atomic E-state index is 0.134. The molecule has 1 aromatic heterocycles. The number of aryl methyl sites for hydroxylation is 1. The van der Waals surface area contributed by atoms with Crippen LogP contribution in [0.3, 0.4) is 0 Å². The first-order valence-corrected chi connectivity index (χ1v) is 9.48. The van der Waals surface area contributed by atoms with Gasteiger partial charge in [0.2, 0.25) is 0 Å². The lowest BCUT2D eigenvalue weighted by Crippen LogP contribution is -2.14. The van der Waals surface area contributed by atoms with Crippen LogP contribution in [0, 0.1) is 0 Å². The number of carboxylic acids is 1. The van der Waals surface area contributed by atoms with Gasteiger partial charge in [-0.15, -0.1) is 11.3 Å². The number of amides is 1. The molecule has 0 atom stereocenters. The normalized spacial score (nSPS) is 11.0. The van der Waals surface area contributed by atoms with Gasteiger partial charge in [0, 0.05) is 4.88 Å². The minimum atomic E-state index is -1.04. The maximum atomic E-state index is 13.2. The second-order valence-corrected chi connectivity index (χ2v) is 7.40. The maximum Gasteiger partial charge on any atom is 0.338 e. The van der Waals surface area contributed by atoms with Crippen molar-refractivity contribution in [1.29, 1.82) is 0 Å². The summed E-state index contributed by atoms with van der Waals surface area (Å²) in [6.45, 7) is 1.96. The van der Waals surface area contributed by atoms with Crippen molar-refractivity contribution in [2.45, 2.75) is 13.3 Å². The van der Waals surface area contributed by atoms with Gasteiger partial charge in [-0.3, -0.25) is 4.79 Å². The van der Waals surface area contributed by atoms with E-state index in [1.165, 1.54) is 11.3 Å². The van der Waals surface area contributed by atoms with Gasteiger partial charge in [0.25, 0.3) is 5.91 Å². The lowest BCUT2D eigenvalue weighted by atomic mass is 9.96. The van der Waals surface area contributed by atoms with Crippen LogP contribution >= 0.6 is 11.3 Å². The van der Waals surface area contributed by atoms with Crippen molar-refractivity contribution in [2.24, 2.45) is 0 Å². The highest BCUT2D eigenvalue weighted by Gasteiger charge is 2.20. The molecule has 4 aromatic rings. The Kier molecular flexibility index (Phi) is 4.38. The van der Waals surface area contributed by atoms with Gasteiger partial charge in [0.1, 0.15) is 5.00 Å². The molecule has 1 amide bonds. The third kappa shape index (κ3) is 3.06. The van der Waals surface area contributed by atoms with E-state index in [0.29, 0.717) is 10.6 Å². The molecule has 0 aliphatic rings. The summed E-state index contributed by atoms with van der Waals surface area (Å²) < 4.78 is 0. The maximum absolute atomic E-state index is 13.2. The number of carboxylic acid groups (broad SMARTS) is 1. The van der Waals surface area contributed by atoms with E-state index < -0.39 is 5.97 Å². The van der Waals surface area contributed by atoms with Gasteiger partial charge in [0.15, 0.2) is 0 Å². The average Bonchev–Trinajstić information content (AvgIpc) is 3.09. The molecule has 0 aliphatic carbocycles. The van der Waals surface area contributed by atoms with Gasteiger partial charge in [-0.25, -0.2) is 4.79 Å². The predicted octanol–water partition coefficient (Wildman–Crippen LogP) is 5.57. The molecular weight excluding hydrogens is 358 g/mol. The molecular formula is C22H17NO3S. The predicted molar refractivity (Wildman–Crippen MR) is 110 cm³/mol. The van der Waals surface area contributed by atoms with Gasteiger partial charge in [-0.1, -0.05) is 55.5 Å². The topological polar surface area (TPSA) is 66.4 Å². The van der Waals surface area contributed by atoms with Crippen LogP contribution in [0.1, 0.15) is 32.5 Å². The average molecular weight is 375 g/mol. The van der Waals surface area contributed by atoms with Gasteiger partial charge >= 0.3 is 5.97 Å². The smallest absolute Gasteiger partial charge is 0.338 e. The second-order valence-electron chi connectivity index (χ2n) is 6.26. The molecule has 0 spiro atoms. The van der Waals surface area contributed by atoms with Crippen molar-refractivity contribution in [1.82, 2.24) is 0 Å². The number of fused-ring (bicyclic) bond motifs is 2. The van der Waals surface area contributed by atoms with Crippen molar-refractivity contribution in [3.8, 4) is 0 Å². The summed E-state index contributed by atoms with van der Waals surface area (Å²) in [5, 5.41) is 16.3. The highest BCUT2D eigenvalue weighted by molar-refractivity contribution is 7.16. The number of anilines is 1. The Labute approximate surface area is 160 Å². The first-order valence-electron chi connectivity index (χ1n) is 8.66. The summed E-state index contributed by atoms with van der Waals surface area (Å²) in [5.41, 5.74) is 0.696. The summed E-state index contributed by atoms with van der Waals surface area (Å²) in [5.74, 6) is -1.33. The zero-order valence-corrected chi connectivity index (χ0v) is 15.5. The number of aromatic carboxylic acids is 1. The quantitative estimate of drug-likeness (QED) is 0.458. The minimum Gasteiger partial charge on any atom is -0.478 e. The largest absolute Gasteiger partial charge is 0.478 e. The molecule has 1 heterocycles. The number of hydrogen-bond acceptors (Lipinski definition) is 3. The molecule has 0 unspecified atom stereocenters. The molecule has 2 N–H and O–H groups in total. The van der Waals surface area contributed by atoms with E-state index >= 15 is 0 Å². The van der Waals surface area contributed by atoms with Gasteiger partial charge in [-0.05, 0) is 40.1 Å². The van der Waals surface area contributed by atoms with Gasteiger partial charge in [-0.2, -0.15) is 0 Å². The fourth-order valence-electron chi connectivity index (χ4n) is 3.29. The molecule has 4 rings (SSSR count). The van der Waals surface area contributed by atoms with Crippen LogP contribution in [0.4, 0.5) is 5.00 Å². The number of benzene rings is 3. The van der Waals surface area contributed by atoms with Crippen LogP contribution in [-0.2, 0) is 6.42 Å². The Bertz CT molecular complexity index is 1140. The zero-order valence-electron chi connectivity index (χ0n) is 14.7. The number of carbonyl (C=O) groups is 2. The number of carbonyl (C=O) groups excluding carboxylic acids is 1. The number of rotatable bonds is 4. The van der Waals surface area contributed by atoms with Crippen LogP contribution in [0.5, 0.6) is 0 Å². The Balaban J connectivity index is 1.88. The lowest BCUT2D eigenvalue weighted by molar-refractivity contribution is 0.0698. The van der Waals surface area contributed by atoms with Crippen LogP contribution in [0.15, 0.2) is 60.7 Å². The SMILES string of the molecule is CCc1cc(C(=O)O)c(NC(=O)c2c3ccccc3cc3ccccc23)s1. The third-order valence-corrected chi connectivity index (χ3v) is 5.78. The number of hydrogen-bond donors (Lipinski definition) is 2. The Morgan fingerprint density at radius 2 is 1.56 bits per heavy atom. The van der Waals surface area contributed by atoms with Gasteiger partial charge in [0.05, 0.1) is 11.1 Å². The molecule has 4 nitrogen and oxygen atoms in total. The van der Waals surface area contributed by atoms with Crippen molar-refractivity contribution in [3.63, 3.8) is 0 Å². The van der Waals surface area contributed by atoms with Crippen LogP contribution in [0.2, 0.25) is 0 Å². The molecule has 3 aromatic carbocycles. The Hall–Kier alpha value is -3.18. The zero-order chi connectivity index (χ0) is 19.0. The Morgan fingerprint density at radius 3 is 2.11 bits per heavy atom. The lowest BCUT2D eigenvalue weighted by Gasteiger charge is -2.11. The van der Waals surface area contributed by atoms with Crippen molar-refractivity contribution < 1.29 is 14.7 Å². The first kappa shape index (κ1) is 17.2. The van der Waals surface area contributed by atoms with Crippen molar-refractivity contribution in [3.05, 3.63) is 76.7 Å². The standard InChI is InChI=1S/C22H17NO3S/c1-2-15-12-18(22(25)26)21(27-15)23-20(24)19-16-9-5-3-7-13(16)11-14-8-4-6-10-17(14)19/h3-12H,2H2,1H3,(H,23,24)(H,25,26). The molecule has 5 heteroatoms. The van der Waals surface area contributed by atoms with Crippen LogP contribution in [-0.4, -0.2) is 17.0 Å². The van der Waals surface area contributed by atoms with E-state index in [1.54, 1.807) is 6.07 Å². The third-order valence-electron chi connectivity index (χ3n) is 4.59. The molecule has 0 bridgehead atoms. The van der Waals surface area contributed by atoms with Crippen molar-refractivity contribution in [2.75, 3.05) is 5.32 Å². The monoisotopic (exact) mass is 375 g/mol. The number of thiophene rings is 1. The second kappa shape index (κ2) is 6.85. The van der Waals surface area contributed by atoms with Crippen LogP contribution < -0.4 is 5.32 Å². The molecule has 134 valence electrons. The van der Waals surface area contributed by atoms with Crippen molar-refractivity contribution >= 4 is 49.8 Å². The molecule has 0 fully saturated rings. The summed E-state index contributed by atoms with van der Waals surface area (Å²) in [4.78, 5) is 25.7. The molecule has 0 radical (unpaired) electrons. The molecule has 0 saturated heterocycles. The molecule has 0 saturated carbocycles. The summed E-state index contributed by atoms with van der Waals surface area (Å²) in [6, 6.07) is 19.1. The Morgan fingerprint density at radius 1 is 0.963 bits per heavy atom. The van der Waals surface area contributed by atoms with Gasteiger partial charge < -0.3 is 10.4 Å². The fraction of sp³-hybridized carbons (Fsp3) is 0.0909. The summed E-state index contributed by atoms with van der Waals surface area (Å²) >= 11 is 1.31. The van der Waals surface area contributed by atoms with E-state index in [4.69, 9.17) is 0 Å². The first-order chi connectivity index (χ1) is 13.1. The summed E-state index contributed by atoms with van der Waals surface area (Å²) in [7, 11) is 0. The fourth-order valence-corrected chi connectivity index (χ4v) is 4.28. The molecule has 0 aliphatic heterocycles. The van der Waals surface area contributed by atoms with E-state index in [-0.39, 0.29) is 11.5 Å². The van der Waals surface area contributed by atoms with E-state index in [2.05, 4.69) is 11.4 Å². The van der Waals surface area contributed by atoms with E-state index in [0.717, 1.165) is 32.8 Å². The van der Waals surface area contributed by atoms with Crippen LogP contribution in [0.25, 0.3) is 21.5 Å². The van der Waals surface area contributed by atoms with E-state index in [1.807, 2.05) is 55.5 Å².